The Morgan fingerprint density at radius 1 is 1.15 bits per heavy atom. The average molecular weight is 373 g/mol. The Hall–Kier alpha value is -2.33. The molecule has 0 saturated carbocycles. The predicted molar refractivity (Wildman–Crippen MR) is 99.6 cm³/mol. The molecule has 134 valence electrons. The second kappa shape index (κ2) is 6.76. The quantitative estimate of drug-likeness (QED) is 0.581. The Balaban J connectivity index is 1.71. The zero-order valence-corrected chi connectivity index (χ0v) is 15.2. The summed E-state index contributed by atoms with van der Waals surface area (Å²) in [7, 11) is 0. The number of hydrogen-bond donors (Lipinski definition) is 0. The highest BCUT2D eigenvalue weighted by Gasteiger charge is 2.20. The molecule has 0 amide bonds. The van der Waals surface area contributed by atoms with Gasteiger partial charge in [-0.2, -0.15) is 0 Å². The van der Waals surface area contributed by atoms with E-state index in [0.29, 0.717) is 21.9 Å². The van der Waals surface area contributed by atoms with Gasteiger partial charge in [-0.25, -0.2) is 9.18 Å². The third-order valence-corrected chi connectivity index (χ3v) is 5.34. The molecule has 1 aromatic heterocycles. The molecule has 0 fully saturated rings. The van der Waals surface area contributed by atoms with Gasteiger partial charge < -0.3 is 9.15 Å². The standard InChI is InChI=1S/C21H18ClFO3/c1-12-19(25-11-13-6-7-14(23)10-18(13)22)9-8-16-15-4-2-3-5-17(15)21(24)26-20(12)16/h6-10H,2-5,11H2,1H3. The third kappa shape index (κ3) is 2.99. The number of rotatable bonds is 3. The van der Waals surface area contributed by atoms with Crippen LogP contribution in [0.3, 0.4) is 0 Å². The molecule has 0 saturated heterocycles. The fourth-order valence-corrected chi connectivity index (χ4v) is 3.80. The molecule has 1 heterocycles. The monoisotopic (exact) mass is 372 g/mol. The molecule has 0 bridgehead atoms. The molecule has 2 aromatic carbocycles. The van der Waals surface area contributed by atoms with Gasteiger partial charge in [0.05, 0.1) is 5.02 Å². The van der Waals surface area contributed by atoms with Crippen molar-refractivity contribution in [1.82, 2.24) is 0 Å². The molecule has 3 aromatic rings. The van der Waals surface area contributed by atoms with Crippen molar-refractivity contribution in [2.45, 2.75) is 39.2 Å². The first-order valence-electron chi connectivity index (χ1n) is 8.69. The molecule has 0 N–H and O–H groups in total. The number of halogens is 2. The average Bonchev–Trinajstić information content (AvgIpc) is 2.63. The van der Waals surface area contributed by atoms with Crippen molar-refractivity contribution in [3.05, 3.63) is 73.8 Å². The Labute approximate surface area is 155 Å². The number of ether oxygens (including phenoxy) is 1. The van der Waals surface area contributed by atoms with Crippen LogP contribution in [-0.2, 0) is 19.4 Å². The minimum absolute atomic E-state index is 0.209. The van der Waals surface area contributed by atoms with Crippen LogP contribution in [0, 0.1) is 12.7 Å². The zero-order valence-electron chi connectivity index (χ0n) is 14.4. The van der Waals surface area contributed by atoms with Crippen molar-refractivity contribution in [3.63, 3.8) is 0 Å². The highest BCUT2D eigenvalue weighted by atomic mass is 35.5. The van der Waals surface area contributed by atoms with Crippen molar-refractivity contribution in [2.24, 2.45) is 0 Å². The van der Waals surface area contributed by atoms with Crippen molar-refractivity contribution < 1.29 is 13.5 Å². The van der Waals surface area contributed by atoms with Gasteiger partial charge in [0.25, 0.3) is 0 Å². The zero-order chi connectivity index (χ0) is 18.3. The van der Waals surface area contributed by atoms with Crippen LogP contribution in [0.2, 0.25) is 5.02 Å². The predicted octanol–water partition coefficient (Wildman–Crippen LogP) is 5.35. The molecular formula is C21H18ClFO3. The largest absolute Gasteiger partial charge is 0.488 e. The first-order valence-corrected chi connectivity index (χ1v) is 9.07. The summed E-state index contributed by atoms with van der Waals surface area (Å²) in [5.74, 6) is 0.240. The Bertz CT molecular complexity index is 1060. The third-order valence-electron chi connectivity index (χ3n) is 4.99. The minimum Gasteiger partial charge on any atom is -0.488 e. The van der Waals surface area contributed by atoms with Crippen molar-refractivity contribution in [2.75, 3.05) is 0 Å². The highest BCUT2D eigenvalue weighted by molar-refractivity contribution is 6.31. The van der Waals surface area contributed by atoms with E-state index in [-0.39, 0.29) is 18.0 Å². The van der Waals surface area contributed by atoms with Crippen LogP contribution in [0.1, 0.15) is 35.1 Å². The SMILES string of the molecule is Cc1c(OCc2ccc(F)cc2Cl)ccc2c3c(c(=O)oc12)CCCC3. The number of fused-ring (bicyclic) bond motifs is 3. The molecule has 0 aliphatic heterocycles. The Morgan fingerprint density at radius 2 is 1.92 bits per heavy atom. The van der Waals surface area contributed by atoms with Crippen LogP contribution in [-0.4, -0.2) is 0 Å². The van der Waals surface area contributed by atoms with Crippen molar-refractivity contribution in [3.8, 4) is 5.75 Å². The minimum atomic E-state index is -0.382. The molecule has 4 rings (SSSR count). The Kier molecular flexibility index (Phi) is 4.45. The van der Waals surface area contributed by atoms with Crippen LogP contribution in [0.5, 0.6) is 5.75 Å². The van der Waals surface area contributed by atoms with Crippen LogP contribution < -0.4 is 10.4 Å². The summed E-state index contributed by atoms with van der Waals surface area (Å²) in [5.41, 5.74) is 3.74. The van der Waals surface area contributed by atoms with Crippen LogP contribution in [0.15, 0.2) is 39.5 Å². The summed E-state index contributed by atoms with van der Waals surface area (Å²) in [6.07, 6.45) is 3.81. The molecule has 0 unspecified atom stereocenters. The van der Waals surface area contributed by atoms with E-state index in [4.69, 9.17) is 20.8 Å². The van der Waals surface area contributed by atoms with E-state index in [1.165, 1.54) is 12.1 Å². The van der Waals surface area contributed by atoms with Gasteiger partial charge in [-0.3, -0.25) is 0 Å². The first-order chi connectivity index (χ1) is 12.5. The van der Waals surface area contributed by atoms with Crippen LogP contribution in [0.25, 0.3) is 11.0 Å². The van der Waals surface area contributed by atoms with E-state index < -0.39 is 0 Å². The van der Waals surface area contributed by atoms with E-state index in [0.717, 1.165) is 47.8 Å². The lowest BCUT2D eigenvalue weighted by Gasteiger charge is -2.18. The fraction of sp³-hybridized carbons (Fsp3) is 0.286. The second-order valence-corrected chi connectivity index (χ2v) is 7.05. The lowest BCUT2D eigenvalue weighted by atomic mass is 9.90. The van der Waals surface area contributed by atoms with E-state index in [9.17, 15) is 9.18 Å². The molecule has 3 nitrogen and oxygen atoms in total. The molecule has 26 heavy (non-hydrogen) atoms. The van der Waals surface area contributed by atoms with Gasteiger partial charge in [0.15, 0.2) is 0 Å². The maximum atomic E-state index is 13.2. The maximum Gasteiger partial charge on any atom is 0.339 e. The van der Waals surface area contributed by atoms with Gasteiger partial charge in [-0.15, -0.1) is 0 Å². The van der Waals surface area contributed by atoms with Crippen molar-refractivity contribution >= 4 is 22.6 Å². The van der Waals surface area contributed by atoms with E-state index in [2.05, 4.69) is 0 Å². The molecule has 1 aliphatic carbocycles. The van der Waals surface area contributed by atoms with Gasteiger partial charge in [0.2, 0.25) is 0 Å². The van der Waals surface area contributed by atoms with E-state index in [1.54, 1.807) is 6.07 Å². The number of aryl methyl sites for hydroxylation is 2. The molecule has 1 aliphatic rings. The Morgan fingerprint density at radius 3 is 2.69 bits per heavy atom. The fourth-order valence-electron chi connectivity index (χ4n) is 3.58. The lowest BCUT2D eigenvalue weighted by Crippen LogP contribution is -2.16. The summed E-state index contributed by atoms with van der Waals surface area (Å²) < 4.78 is 24.6. The summed E-state index contributed by atoms with van der Waals surface area (Å²) in [4.78, 5) is 12.3. The van der Waals surface area contributed by atoms with E-state index >= 15 is 0 Å². The van der Waals surface area contributed by atoms with Crippen LogP contribution >= 0.6 is 11.6 Å². The molecule has 0 atom stereocenters. The maximum absolute atomic E-state index is 13.2. The molecule has 0 spiro atoms. The summed E-state index contributed by atoms with van der Waals surface area (Å²) in [6, 6.07) is 8.06. The van der Waals surface area contributed by atoms with Crippen molar-refractivity contribution in [1.29, 1.82) is 0 Å². The van der Waals surface area contributed by atoms with E-state index in [1.807, 2.05) is 19.1 Å². The highest BCUT2D eigenvalue weighted by Crippen LogP contribution is 2.33. The van der Waals surface area contributed by atoms with Crippen LogP contribution in [0.4, 0.5) is 4.39 Å². The van der Waals surface area contributed by atoms with Gasteiger partial charge in [-0.05, 0) is 62.4 Å². The van der Waals surface area contributed by atoms with Gasteiger partial charge in [0.1, 0.15) is 23.8 Å². The molecular weight excluding hydrogens is 355 g/mol. The topological polar surface area (TPSA) is 39.4 Å². The molecule has 0 radical (unpaired) electrons. The normalized spacial score (nSPS) is 13.7. The summed E-state index contributed by atoms with van der Waals surface area (Å²) in [5, 5.41) is 1.31. The second-order valence-electron chi connectivity index (χ2n) is 6.64. The summed E-state index contributed by atoms with van der Waals surface area (Å²) >= 11 is 6.05. The lowest BCUT2D eigenvalue weighted by molar-refractivity contribution is 0.304. The smallest absolute Gasteiger partial charge is 0.339 e. The molecule has 5 heteroatoms. The van der Waals surface area contributed by atoms with Gasteiger partial charge in [-0.1, -0.05) is 17.7 Å². The van der Waals surface area contributed by atoms with Gasteiger partial charge in [0, 0.05) is 22.1 Å². The van der Waals surface area contributed by atoms with Gasteiger partial charge >= 0.3 is 5.63 Å². The number of benzene rings is 2. The first kappa shape index (κ1) is 17.1. The number of hydrogen-bond acceptors (Lipinski definition) is 3. The summed E-state index contributed by atoms with van der Waals surface area (Å²) in [6.45, 7) is 2.09.